The predicted octanol–water partition coefficient (Wildman–Crippen LogP) is 4.45. The molecule has 0 bridgehead atoms. The number of ether oxygens (including phenoxy) is 1. The number of anilines is 1. The number of amides is 2. The summed E-state index contributed by atoms with van der Waals surface area (Å²) in [4.78, 5) is 27.8. The Bertz CT molecular complexity index is 1230. The summed E-state index contributed by atoms with van der Waals surface area (Å²) in [6.45, 7) is 5.22. The standard InChI is InChI=1S/C28H30N4O3/c1-28(2,18-30)19-32(27(34)22-12-10-20(16-29)11-13-22)17-21-6-4-8-24(14-21)31-26(33)23-7-5-9-25(15-23)35-3/h4-15H,17-19,30H2,1-3H3,(H,31,33). The van der Waals surface area contributed by atoms with Gasteiger partial charge in [-0.1, -0.05) is 32.0 Å². The van der Waals surface area contributed by atoms with Crippen molar-refractivity contribution in [3.05, 3.63) is 95.1 Å². The molecule has 3 aromatic carbocycles. The highest BCUT2D eigenvalue weighted by molar-refractivity contribution is 6.04. The minimum absolute atomic E-state index is 0.151. The van der Waals surface area contributed by atoms with E-state index in [1.807, 2.05) is 32.0 Å². The summed E-state index contributed by atoms with van der Waals surface area (Å²) in [6, 6.07) is 23.0. The molecule has 0 heterocycles. The Morgan fingerprint density at radius 3 is 2.40 bits per heavy atom. The van der Waals surface area contributed by atoms with Gasteiger partial charge in [0.05, 0.1) is 18.7 Å². The third-order valence-electron chi connectivity index (χ3n) is 5.61. The summed E-state index contributed by atoms with van der Waals surface area (Å²) >= 11 is 0. The molecule has 2 amide bonds. The van der Waals surface area contributed by atoms with Gasteiger partial charge in [-0.05, 0) is 72.1 Å². The second-order valence-electron chi connectivity index (χ2n) is 9.11. The second kappa shape index (κ2) is 11.3. The van der Waals surface area contributed by atoms with Crippen molar-refractivity contribution in [2.45, 2.75) is 20.4 Å². The lowest BCUT2D eigenvalue weighted by Gasteiger charge is -2.32. The number of nitrogens with zero attached hydrogens (tertiary/aromatic N) is 2. The molecule has 0 aliphatic rings. The van der Waals surface area contributed by atoms with Gasteiger partial charge in [0.25, 0.3) is 11.8 Å². The van der Waals surface area contributed by atoms with Crippen molar-refractivity contribution in [2.24, 2.45) is 11.1 Å². The highest BCUT2D eigenvalue weighted by atomic mass is 16.5. The van der Waals surface area contributed by atoms with Crippen molar-refractivity contribution in [3.8, 4) is 11.8 Å². The molecular formula is C28H30N4O3. The average Bonchev–Trinajstić information content (AvgIpc) is 2.88. The lowest BCUT2D eigenvalue weighted by Crippen LogP contribution is -2.41. The summed E-state index contributed by atoms with van der Waals surface area (Å²) in [5.41, 5.74) is 8.62. The molecule has 0 saturated heterocycles. The van der Waals surface area contributed by atoms with E-state index in [1.165, 1.54) is 0 Å². The van der Waals surface area contributed by atoms with E-state index in [9.17, 15) is 9.59 Å². The van der Waals surface area contributed by atoms with E-state index in [1.54, 1.807) is 66.6 Å². The highest BCUT2D eigenvalue weighted by Gasteiger charge is 2.25. The van der Waals surface area contributed by atoms with Crippen molar-refractivity contribution in [1.29, 1.82) is 5.26 Å². The fourth-order valence-electron chi connectivity index (χ4n) is 3.59. The van der Waals surface area contributed by atoms with Gasteiger partial charge in [0, 0.05) is 29.9 Å². The Morgan fingerprint density at radius 2 is 1.74 bits per heavy atom. The van der Waals surface area contributed by atoms with Crippen LogP contribution in [0.1, 0.15) is 45.7 Å². The molecule has 7 nitrogen and oxygen atoms in total. The molecule has 3 N–H and O–H groups in total. The number of benzene rings is 3. The summed E-state index contributed by atoms with van der Waals surface area (Å²) in [6.07, 6.45) is 0. The van der Waals surface area contributed by atoms with Crippen LogP contribution in [0.15, 0.2) is 72.8 Å². The highest BCUT2D eigenvalue weighted by Crippen LogP contribution is 2.22. The monoisotopic (exact) mass is 470 g/mol. The van der Waals surface area contributed by atoms with Crippen molar-refractivity contribution >= 4 is 17.5 Å². The van der Waals surface area contributed by atoms with Gasteiger partial charge in [-0.2, -0.15) is 5.26 Å². The van der Waals surface area contributed by atoms with Crippen molar-refractivity contribution in [1.82, 2.24) is 4.90 Å². The number of hydrogen-bond donors (Lipinski definition) is 2. The molecule has 3 rings (SSSR count). The quantitative estimate of drug-likeness (QED) is 0.480. The molecule has 35 heavy (non-hydrogen) atoms. The number of carbonyl (C=O) groups excluding carboxylic acids is 2. The largest absolute Gasteiger partial charge is 0.497 e. The van der Waals surface area contributed by atoms with Crippen molar-refractivity contribution in [2.75, 3.05) is 25.5 Å². The van der Waals surface area contributed by atoms with Gasteiger partial charge in [-0.15, -0.1) is 0 Å². The zero-order chi connectivity index (χ0) is 25.4. The molecule has 7 heteroatoms. The summed E-state index contributed by atoms with van der Waals surface area (Å²) in [7, 11) is 1.55. The van der Waals surface area contributed by atoms with E-state index in [2.05, 4.69) is 11.4 Å². The SMILES string of the molecule is COc1cccc(C(=O)Nc2cccc(CN(CC(C)(C)CN)C(=O)c3ccc(C#N)cc3)c2)c1. The molecule has 180 valence electrons. The maximum absolute atomic E-state index is 13.4. The van der Waals surface area contributed by atoms with Gasteiger partial charge >= 0.3 is 0 Å². The molecule has 0 fully saturated rings. The number of methoxy groups -OCH3 is 1. The molecule has 0 aliphatic carbocycles. The lowest BCUT2D eigenvalue weighted by molar-refractivity contribution is 0.0673. The normalized spacial score (nSPS) is 10.8. The second-order valence-corrected chi connectivity index (χ2v) is 9.11. The first-order valence-corrected chi connectivity index (χ1v) is 11.3. The first kappa shape index (κ1) is 25.5. The van der Waals surface area contributed by atoms with Gasteiger partial charge in [-0.25, -0.2) is 0 Å². The van der Waals surface area contributed by atoms with Crippen molar-refractivity contribution in [3.63, 3.8) is 0 Å². The fourth-order valence-corrected chi connectivity index (χ4v) is 3.59. The molecule has 0 saturated carbocycles. The Hall–Kier alpha value is -4.15. The minimum Gasteiger partial charge on any atom is -0.497 e. The summed E-state index contributed by atoms with van der Waals surface area (Å²) < 4.78 is 5.20. The number of carbonyl (C=O) groups is 2. The van der Waals surface area contributed by atoms with Crippen LogP contribution < -0.4 is 15.8 Å². The maximum atomic E-state index is 13.4. The van der Waals surface area contributed by atoms with E-state index < -0.39 is 0 Å². The molecule has 0 aliphatic heterocycles. The van der Waals surface area contributed by atoms with E-state index >= 15 is 0 Å². The number of nitrogens with one attached hydrogen (secondary N) is 1. The van der Waals surface area contributed by atoms with Crippen LogP contribution >= 0.6 is 0 Å². The zero-order valence-electron chi connectivity index (χ0n) is 20.2. The molecule has 0 spiro atoms. The predicted molar refractivity (Wildman–Crippen MR) is 136 cm³/mol. The van der Waals surface area contributed by atoms with Crippen LogP contribution in [0.2, 0.25) is 0 Å². The maximum Gasteiger partial charge on any atom is 0.255 e. The van der Waals surface area contributed by atoms with Crippen LogP contribution in [0.3, 0.4) is 0 Å². The number of nitriles is 1. The topological polar surface area (TPSA) is 108 Å². The smallest absolute Gasteiger partial charge is 0.255 e. The van der Waals surface area contributed by atoms with Crippen LogP contribution in [-0.4, -0.2) is 36.9 Å². The molecule has 0 atom stereocenters. The first-order valence-electron chi connectivity index (χ1n) is 11.3. The van der Waals surface area contributed by atoms with Crippen LogP contribution in [-0.2, 0) is 6.54 Å². The first-order chi connectivity index (χ1) is 16.7. The third kappa shape index (κ3) is 6.92. The van der Waals surface area contributed by atoms with E-state index in [0.29, 0.717) is 47.8 Å². The molecule has 0 unspecified atom stereocenters. The summed E-state index contributed by atoms with van der Waals surface area (Å²) in [5.74, 6) is 0.198. The van der Waals surface area contributed by atoms with Gasteiger partial charge in [0.15, 0.2) is 0 Å². The van der Waals surface area contributed by atoms with Gasteiger partial charge < -0.3 is 20.7 Å². The van der Waals surface area contributed by atoms with Gasteiger partial charge in [-0.3, -0.25) is 9.59 Å². The number of hydrogen-bond acceptors (Lipinski definition) is 5. The van der Waals surface area contributed by atoms with Gasteiger partial charge in [0.2, 0.25) is 0 Å². The van der Waals surface area contributed by atoms with E-state index in [4.69, 9.17) is 15.7 Å². The van der Waals surface area contributed by atoms with Crippen LogP contribution in [0.5, 0.6) is 5.75 Å². The lowest BCUT2D eigenvalue weighted by atomic mass is 9.92. The van der Waals surface area contributed by atoms with Crippen LogP contribution in [0, 0.1) is 16.7 Å². The van der Waals surface area contributed by atoms with Crippen LogP contribution in [0.25, 0.3) is 0 Å². The summed E-state index contributed by atoms with van der Waals surface area (Å²) in [5, 5.41) is 12.0. The molecule has 3 aromatic rings. The van der Waals surface area contributed by atoms with E-state index in [0.717, 1.165) is 5.56 Å². The molecular weight excluding hydrogens is 440 g/mol. The number of rotatable bonds is 9. The Kier molecular flexibility index (Phi) is 8.24. The average molecular weight is 471 g/mol. The fraction of sp³-hybridized carbons (Fsp3) is 0.250. The Morgan fingerprint density at radius 1 is 1.03 bits per heavy atom. The Labute approximate surface area is 206 Å². The van der Waals surface area contributed by atoms with Gasteiger partial charge in [0.1, 0.15) is 5.75 Å². The van der Waals surface area contributed by atoms with Crippen molar-refractivity contribution < 1.29 is 14.3 Å². The third-order valence-corrected chi connectivity index (χ3v) is 5.61. The zero-order valence-corrected chi connectivity index (χ0v) is 20.2. The molecule has 0 aromatic heterocycles. The minimum atomic E-state index is -0.291. The van der Waals surface area contributed by atoms with E-state index in [-0.39, 0.29) is 17.2 Å². The van der Waals surface area contributed by atoms with Crippen LogP contribution in [0.4, 0.5) is 5.69 Å². The number of nitrogens with two attached hydrogens (primary N) is 1. The molecule has 0 radical (unpaired) electrons. The Balaban J connectivity index is 1.81.